The minimum Gasteiger partial charge on any atom is -0.456 e. The van der Waals surface area contributed by atoms with Gasteiger partial charge in [-0.25, -0.2) is 0 Å². The maximum absolute atomic E-state index is 13.2. The van der Waals surface area contributed by atoms with Gasteiger partial charge in [-0.2, -0.15) is 13.2 Å². The number of carbonyl (C=O) groups excluding carboxylic acids is 2. The van der Waals surface area contributed by atoms with E-state index < -0.39 is 17.6 Å². The molecule has 0 aliphatic heterocycles. The number of allylic oxidation sites excluding steroid dienone is 2. The third kappa shape index (κ3) is 6.12. The number of hydrogen-bond donors (Lipinski definition) is 2. The third-order valence-electron chi connectivity index (χ3n) is 3.84. The van der Waals surface area contributed by atoms with E-state index in [-0.39, 0.29) is 17.0 Å². The Hall–Kier alpha value is -3.26. The van der Waals surface area contributed by atoms with Gasteiger partial charge in [-0.05, 0) is 61.2 Å². The summed E-state index contributed by atoms with van der Waals surface area (Å²) in [7, 11) is 1.60. The summed E-state index contributed by atoms with van der Waals surface area (Å²) in [6, 6.07) is 7.30. The Morgan fingerprint density at radius 2 is 1.83 bits per heavy atom. The maximum Gasteiger partial charge on any atom is 0.416 e. The molecule has 2 aromatic rings. The van der Waals surface area contributed by atoms with Crippen molar-refractivity contribution in [2.24, 2.45) is 0 Å². The molecule has 2 N–H and O–H groups in total. The topological polar surface area (TPSA) is 67.4 Å². The molecule has 0 unspecified atom stereocenters. The van der Waals surface area contributed by atoms with Gasteiger partial charge in [-0.1, -0.05) is 11.6 Å². The first-order chi connectivity index (χ1) is 14.2. The number of hydrogen-bond acceptors (Lipinski definition) is 4. The molecule has 0 saturated carbocycles. The van der Waals surface area contributed by atoms with Crippen molar-refractivity contribution in [2.45, 2.75) is 13.1 Å². The number of rotatable bonds is 7. The average Bonchev–Trinajstić information content (AvgIpc) is 2.67. The number of carbonyl (C=O) groups is 2. The summed E-state index contributed by atoms with van der Waals surface area (Å²) in [6.07, 6.45) is -0.337. The summed E-state index contributed by atoms with van der Waals surface area (Å²) < 4.78 is 45.3. The van der Waals surface area contributed by atoms with Crippen molar-refractivity contribution in [3.8, 4) is 11.5 Å². The molecule has 0 bridgehead atoms. The lowest BCUT2D eigenvalue weighted by molar-refractivity contribution is -0.137. The van der Waals surface area contributed by atoms with Gasteiger partial charge in [-0.3, -0.25) is 9.59 Å². The van der Waals surface area contributed by atoms with Crippen molar-refractivity contribution in [3.63, 3.8) is 0 Å². The Balaban J connectivity index is 2.47. The van der Waals surface area contributed by atoms with Crippen molar-refractivity contribution in [1.82, 2.24) is 10.6 Å². The number of aldehydes is 1. The molecule has 9 heteroatoms. The van der Waals surface area contributed by atoms with E-state index >= 15 is 0 Å². The minimum atomic E-state index is -4.66. The predicted molar refractivity (Wildman–Crippen MR) is 108 cm³/mol. The number of nitrogens with one attached hydrogen (secondary N) is 2. The number of ether oxygens (including phenoxy) is 1. The highest BCUT2D eigenvalue weighted by molar-refractivity contribution is 6.30. The van der Waals surface area contributed by atoms with E-state index in [0.29, 0.717) is 28.7 Å². The van der Waals surface area contributed by atoms with Gasteiger partial charge in [0.2, 0.25) is 0 Å². The molecule has 5 nitrogen and oxygen atoms in total. The highest BCUT2D eigenvalue weighted by Gasteiger charge is 2.32. The lowest BCUT2D eigenvalue weighted by atomic mass is 10.1. The Kier molecular flexibility index (Phi) is 7.66. The molecule has 0 aromatic heterocycles. The largest absolute Gasteiger partial charge is 0.456 e. The SMILES string of the molecule is CN/C=C\C(=C/C=O)NC(=O)c1cc(C(F)(F)F)ccc1Oc1ccc(Cl)cc1C. The monoisotopic (exact) mass is 438 g/mol. The zero-order chi connectivity index (χ0) is 22.3. The first-order valence-electron chi connectivity index (χ1n) is 8.61. The molecule has 2 rings (SSSR count). The van der Waals surface area contributed by atoms with E-state index in [9.17, 15) is 22.8 Å². The van der Waals surface area contributed by atoms with Crippen LogP contribution >= 0.6 is 11.6 Å². The predicted octanol–water partition coefficient (Wildman–Crippen LogP) is 5.01. The smallest absolute Gasteiger partial charge is 0.416 e. The van der Waals surface area contributed by atoms with Crippen molar-refractivity contribution in [1.29, 1.82) is 0 Å². The Morgan fingerprint density at radius 3 is 2.43 bits per heavy atom. The quantitative estimate of drug-likeness (QED) is 0.362. The van der Waals surface area contributed by atoms with Crippen molar-refractivity contribution >= 4 is 23.8 Å². The van der Waals surface area contributed by atoms with Crippen LogP contribution in [0.1, 0.15) is 21.5 Å². The van der Waals surface area contributed by atoms with Crippen LogP contribution in [0.4, 0.5) is 13.2 Å². The number of amides is 1. The fraction of sp³-hybridized carbons (Fsp3) is 0.143. The van der Waals surface area contributed by atoms with Gasteiger partial charge in [-0.15, -0.1) is 0 Å². The number of aryl methyl sites for hydroxylation is 1. The molecule has 0 radical (unpaired) electrons. The van der Waals surface area contributed by atoms with E-state index in [0.717, 1.165) is 18.2 Å². The molecule has 1 amide bonds. The van der Waals surface area contributed by atoms with Crippen LogP contribution in [0, 0.1) is 6.92 Å². The highest BCUT2D eigenvalue weighted by atomic mass is 35.5. The first-order valence-corrected chi connectivity index (χ1v) is 8.99. The van der Waals surface area contributed by atoms with Crippen LogP contribution in [0.15, 0.2) is 60.4 Å². The fourth-order valence-electron chi connectivity index (χ4n) is 2.40. The standard InChI is InChI=1S/C21H18ClF3N2O3/c1-13-11-15(22)4-6-18(13)30-19-5-3-14(21(23,24)25)12-17(19)20(29)27-16(8-10-28)7-9-26-2/h3-12,26H,1-2H3,(H,27,29)/b9-7-,16-8+. The van der Waals surface area contributed by atoms with Crippen LogP contribution in [-0.4, -0.2) is 19.2 Å². The van der Waals surface area contributed by atoms with E-state index in [4.69, 9.17) is 16.3 Å². The first kappa shape index (κ1) is 23.0. The highest BCUT2D eigenvalue weighted by Crippen LogP contribution is 2.35. The summed E-state index contributed by atoms with van der Waals surface area (Å²) in [5.74, 6) is -0.641. The van der Waals surface area contributed by atoms with Crippen LogP contribution < -0.4 is 15.4 Å². The fourth-order valence-corrected chi connectivity index (χ4v) is 2.63. The Morgan fingerprint density at radius 1 is 1.13 bits per heavy atom. The molecule has 0 aliphatic carbocycles. The molecule has 30 heavy (non-hydrogen) atoms. The molecule has 0 atom stereocenters. The van der Waals surface area contributed by atoms with Crippen molar-refractivity contribution < 1.29 is 27.5 Å². The molecule has 2 aromatic carbocycles. The van der Waals surface area contributed by atoms with Crippen LogP contribution in [0.3, 0.4) is 0 Å². The molecular weight excluding hydrogens is 421 g/mol. The number of benzene rings is 2. The van der Waals surface area contributed by atoms with Gasteiger partial charge < -0.3 is 15.4 Å². The van der Waals surface area contributed by atoms with Gasteiger partial charge in [0.05, 0.1) is 11.1 Å². The number of alkyl halides is 3. The summed E-state index contributed by atoms with van der Waals surface area (Å²) in [5, 5.41) is 5.54. The van der Waals surface area contributed by atoms with Crippen molar-refractivity contribution in [2.75, 3.05) is 7.05 Å². The molecule has 0 spiro atoms. The number of halogens is 4. The molecule has 0 fully saturated rings. The van der Waals surface area contributed by atoms with E-state index in [2.05, 4.69) is 10.6 Å². The molecular formula is C21H18ClF3N2O3. The summed E-state index contributed by atoms with van der Waals surface area (Å²) in [6.45, 7) is 1.71. The molecule has 0 saturated heterocycles. The van der Waals surface area contributed by atoms with E-state index in [1.807, 2.05) is 0 Å². The van der Waals surface area contributed by atoms with E-state index in [1.165, 1.54) is 12.3 Å². The minimum absolute atomic E-state index is 0.0791. The van der Waals surface area contributed by atoms with Crippen LogP contribution in [0.2, 0.25) is 5.02 Å². The summed E-state index contributed by atoms with van der Waals surface area (Å²) in [5.41, 5.74) is -0.657. The second kappa shape index (κ2) is 9.98. The van der Waals surface area contributed by atoms with Gasteiger partial charge in [0.1, 0.15) is 17.8 Å². The zero-order valence-electron chi connectivity index (χ0n) is 16.0. The zero-order valence-corrected chi connectivity index (χ0v) is 16.8. The van der Waals surface area contributed by atoms with Crippen LogP contribution in [0.25, 0.3) is 0 Å². The Bertz CT molecular complexity index is 1000. The summed E-state index contributed by atoms with van der Waals surface area (Å²) >= 11 is 5.91. The molecule has 0 aliphatic rings. The van der Waals surface area contributed by atoms with Gasteiger partial charge in [0, 0.05) is 23.8 Å². The van der Waals surface area contributed by atoms with Gasteiger partial charge in [0.15, 0.2) is 0 Å². The van der Waals surface area contributed by atoms with Crippen molar-refractivity contribution in [3.05, 3.63) is 82.2 Å². The molecule has 158 valence electrons. The lowest BCUT2D eigenvalue weighted by Crippen LogP contribution is -2.23. The second-order valence-corrected chi connectivity index (χ2v) is 6.49. The average molecular weight is 439 g/mol. The van der Waals surface area contributed by atoms with Crippen LogP contribution in [-0.2, 0) is 11.0 Å². The second-order valence-electron chi connectivity index (χ2n) is 6.05. The molecule has 0 heterocycles. The van der Waals surface area contributed by atoms with Gasteiger partial charge >= 0.3 is 6.18 Å². The maximum atomic E-state index is 13.2. The van der Waals surface area contributed by atoms with Gasteiger partial charge in [0.25, 0.3) is 5.91 Å². The normalized spacial score (nSPS) is 12.0. The van der Waals surface area contributed by atoms with E-state index in [1.54, 1.807) is 32.2 Å². The Labute approximate surface area is 176 Å². The summed E-state index contributed by atoms with van der Waals surface area (Å²) in [4.78, 5) is 23.5. The third-order valence-corrected chi connectivity index (χ3v) is 4.08. The van der Waals surface area contributed by atoms with Crippen LogP contribution in [0.5, 0.6) is 11.5 Å². The lowest BCUT2D eigenvalue weighted by Gasteiger charge is -2.16.